The fraction of sp³-hybridized carbons (Fsp3) is 0.378. The Morgan fingerprint density at radius 2 is 1.75 bits per heavy atom. The van der Waals surface area contributed by atoms with Crippen molar-refractivity contribution >= 4 is 46.0 Å². The molecule has 3 aromatic heterocycles. The molecular formula is C37H40FN9O5. The summed E-state index contributed by atoms with van der Waals surface area (Å²) in [7, 11) is 3.44. The van der Waals surface area contributed by atoms with E-state index < -0.39 is 30.1 Å². The number of amides is 4. The first-order valence-corrected chi connectivity index (χ1v) is 17.6. The Morgan fingerprint density at radius 1 is 0.981 bits per heavy atom. The van der Waals surface area contributed by atoms with Crippen molar-refractivity contribution in [3.05, 3.63) is 82.0 Å². The lowest BCUT2D eigenvalue weighted by atomic mass is 10.0. The molecular weight excluding hydrogens is 669 g/mol. The van der Waals surface area contributed by atoms with Gasteiger partial charge in [-0.05, 0) is 61.6 Å². The number of nitrogens with one attached hydrogen (secondary N) is 4. The molecule has 1 unspecified atom stereocenters. The SMILES string of the molecule is CNc1cc(-c2ccc(C(=O)NCCCCCCc3ccc4c(c3)n(C)c(=O)n4C3CCC(=O)NC3=O)cc2)nn2c(C(=O)N[C@@H]3C[C@@H]3F)cnc12. The molecule has 1 saturated carbocycles. The molecule has 1 aliphatic heterocycles. The highest BCUT2D eigenvalue weighted by Gasteiger charge is 2.39. The molecule has 52 heavy (non-hydrogen) atoms. The summed E-state index contributed by atoms with van der Waals surface area (Å²) in [6.07, 6.45) is 5.73. The van der Waals surface area contributed by atoms with Crippen LogP contribution in [0.2, 0.25) is 0 Å². The highest BCUT2D eigenvalue weighted by Crippen LogP contribution is 2.28. The molecule has 0 spiro atoms. The van der Waals surface area contributed by atoms with Gasteiger partial charge in [0.2, 0.25) is 11.8 Å². The topological polar surface area (TPSA) is 174 Å². The first-order valence-electron chi connectivity index (χ1n) is 17.6. The molecule has 14 nitrogen and oxygen atoms in total. The fourth-order valence-electron chi connectivity index (χ4n) is 6.70. The zero-order valence-electron chi connectivity index (χ0n) is 28.9. The molecule has 2 fully saturated rings. The Balaban J connectivity index is 0.888. The quantitative estimate of drug-likeness (QED) is 0.106. The number of benzene rings is 2. The Hall–Kier alpha value is -5.86. The maximum absolute atomic E-state index is 13.4. The zero-order chi connectivity index (χ0) is 36.5. The average molecular weight is 710 g/mol. The molecule has 3 atom stereocenters. The third-order valence-electron chi connectivity index (χ3n) is 9.79. The number of fused-ring (bicyclic) bond motifs is 2. The summed E-state index contributed by atoms with van der Waals surface area (Å²) < 4.78 is 17.8. The van der Waals surface area contributed by atoms with Crippen molar-refractivity contribution in [3.63, 3.8) is 0 Å². The number of nitrogens with zero attached hydrogens (tertiary/aromatic N) is 5. The van der Waals surface area contributed by atoms with Crippen LogP contribution in [0.4, 0.5) is 10.1 Å². The van der Waals surface area contributed by atoms with Crippen LogP contribution in [0.15, 0.2) is 59.5 Å². The molecule has 2 aromatic carbocycles. The number of halogens is 1. The van der Waals surface area contributed by atoms with Gasteiger partial charge in [0.25, 0.3) is 11.8 Å². The second-order valence-electron chi connectivity index (χ2n) is 13.4. The lowest BCUT2D eigenvalue weighted by Crippen LogP contribution is -2.44. The predicted molar refractivity (Wildman–Crippen MR) is 192 cm³/mol. The summed E-state index contributed by atoms with van der Waals surface area (Å²) in [5.74, 6) is -1.38. The number of piperidine rings is 1. The number of hydrogen-bond donors (Lipinski definition) is 4. The maximum atomic E-state index is 13.4. The van der Waals surface area contributed by atoms with Crippen LogP contribution in [-0.2, 0) is 23.1 Å². The van der Waals surface area contributed by atoms with Gasteiger partial charge in [-0.1, -0.05) is 31.0 Å². The highest BCUT2D eigenvalue weighted by molar-refractivity contribution is 6.00. The minimum atomic E-state index is -1.02. The first-order chi connectivity index (χ1) is 25.1. The van der Waals surface area contributed by atoms with Gasteiger partial charge in [-0.25, -0.2) is 18.7 Å². The number of carbonyl (C=O) groups is 4. The van der Waals surface area contributed by atoms with E-state index in [9.17, 15) is 28.4 Å². The Kier molecular flexibility index (Phi) is 9.58. The molecule has 0 bridgehead atoms. The zero-order valence-corrected chi connectivity index (χ0v) is 28.9. The lowest BCUT2D eigenvalue weighted by molar-refractivity contribution is -0.135. The minimum absolute atomic E-state index is 0.172. The average Bonchev–Trinajstić information content (AvgIpc) is 3.55. The number of aromatic nitrogens is 5. The van der Waals surface area contributed by atoms with Crippen LogP contribution >= 0.6 is 0 Å². The second kappa shape index (κ2) is 14.4. The highest BCUT2D eigenvalue weighted by atomic mass is 19.1. The van der Waals surface area contributed by atoms with E-state index in [0.717, 1.165) is 48.7 Å². The number of hydrogen-bond acceptors (Lipinski definition) is 8. The third kappa shape index (κ3) is 6.90. The molecule has 7 rings (SSSR count). The lowest BCUT2D eigenvalue weighted by Gasteiger charge is -2.21. The van der Waals surface area contributed by atoms with E-state index in [4.69, 9.17) is 0 Å². The minimum Gasteiger partial charge on any atom is -0.385 e. The molecule has 4 N–H and O–H groups in total. The van der Waals surface area contributed by atoms with Crippen LogP contribution in [0.25, 0.3) is 27.9 Å². The number of alkyl halides is 1. The predicted octanol–water partition coefficient (Wildman–Crippen LogP) is 3.44. The van der Waals surface area contributed by atoms with Crippen LogP contribution in [0.3, 0.4) is 0 Å². The van der Waals surface area contributed by atoms with Crippen molar-refractivity contribution in [2.24, 2.45) is 7.05 Å². The molecule has 1 aliphatic carbocycles. The molecule has 270 valence electrons. The maximum Gasteiger partial charge on any atom is 0.329 e. The summed E-state index contributed by atoms with van der Waals surface area (Å²) >= 11 is 0. The molecule has 0 radical (unpaired) electrons. The summed E-state index contributed by atoms with van der Waals surface area (Å²) in [5, 5.41) is 15.7. The van der Waals surface area contributed by atoms with Gasteiger partial charge in [-0.15, -0.1) is 0 Å². The van der Waals surface area contributed by atoms with Gasteiger partial charge in [0.05, 0.1) is 34.7 Å². The third-order valence-corrected chi connectivity index (χ3v) is 9.79. The van der Waals surface area contributed by atoms with Crippen molar-refractivity contribution in [1.82, 2.24) is 39.7 Å². The number of imidazole rings is 2. The summed E-state index contributed by atoms with van der Waals surface area (Å²) in [5.41, 5.74) is 5.41. The monoisotopic (exact) mass is 709 g/mol. The van der Waals surface area contributed by atoms with E-state index in [1.54, 1.807) is 42.9 Å². The van der Waals surface area contributed by atoms with Crippen LogP contribution in [-0.4, -0.2) is 73.2 Å². The van der Waals surface area contributed by atoms with E-state index in [0.29, 0.717) is 47.5 Å². The van der Waals surface area contributed by atoms with E-state index in [-0.39, 0.29) is 29.6 Å². The van der Waals surface area contributed by atoms with Crippen molar-refractivity contribution < 1.29 is 23.6 Å². The molecule has 15 heteroatoms. The normalized spacial score (nSPS) is 18.4. The number of rotatable bonds is 13. The van der Waals surface area contributed by atoms with Crippen LogP contribution in [0, 0.1) is 0 Å². The Bertz CT molecular complexity index is 2260. The summed E-state index contributed by atoms with van der Waals surface area (Å²) in [4.78, 5) is 67.0. The molecule has 1 saturated heterocycles. The number of imide groups is 1. The van der Waals surface area contributed by atoms with Crippen molar-refractivity contribution in [2.45, 2.75) is 69.6 Å². The number of carbonyl (C=O) groups excluding carboxylic acids is 4. The number of anilines is 1. The smallest absolute Gasteiger partial charge is 0.329 e. The van der Waals surface area contributed by atoms with Crippen molar-refractivity contribution in [3.8, 4) is 11.3 Å². The van der Waals surface area contributed by atoms with Crippen LogP contribution < -0.4 is 27.0 Å². The van der Waals surface area contributed by atoms with Gasteiger partial charge in [0, 0.05) is 44.6 Å². The van der Waals surface area contributed by atoms with E-state index >= 15 is 0 Å². The molecule has 5 aromatic rings. The Morgan fingerprint density at radius 3 is 2.48 bits per heavy atom. The van der Waals surface area contributed by atoms with Gasteiger partial charge in [0.15, 0.2) is 11.3 Å². The molecule has 2 aliphatic rings. The number of aryl methyl sites for hydroxylation is 2. The Labute approximate surface area is 297 Å². The fourth-order valence-corrected chi connectivity index (χ4v) is 6.70. The van der Waals surface area contributed by atoms with Crippen molar-refractivity contribution in [1.29, 1.82) is 0 Å². The first kappa shape index (κ1) is 34.6. The van der Waals surface area contributed by atoms with E-state index in [1.807, 2.05) is 24.3 Å². The van der Waals surface area contributed by atoms with Gasteiger partial charge in [0.1, 0.15) is 12.2 Å². The van der Waals surface area contributed by atoms with Gasteiger partial charge < -0.3 is 16.0 Å². The largest absolute Gasteiger partial charge is 0.385 e. The van der Waals surface area contributed by atoms with Crippen LogP contribution in [0.5, 0.6) is 0 Å². The van der Waals surface area contributed by atoms with Gasteiger partial charge in [-0.2, -0.15) is 5.10 Å². The standard InChI is InChI=1S/C37H40FN9O5/c1-39-27-19-25(44-47-31(20-41-33(27)47)36(51)42-26-18-24(26)38)22-9-11-23(12-10-22)34(49)40-16-6-4-3-5-7-21-8-13-28-30(17-21)45(2)37(52)46(28)29-14-15-32(48)43-35(29)50/h8-13,17,19-20,24,26,29,39H,3-7,14-16,18H2,1-2H3,(H,40,49)(H,42,51)(H,43,48,50)/t24-,26+,29?/m0/s1. The van der Waals surface area contributed by atoms with Crippen LogP contribution in [0.1, 0.15) is 77.4 Å². The van der Waals surface area contributed by atoms with Gasteiger partial charge >= 0.3 is 5.69 Å². The van der Waals surface area contributed by atoms with E-state index in [2.05, 4.69) is 31.3 Å². The van der Waals surface area contributed by atoms with E-state index in [1.165, 1.54) is 15.3 Å². The van der Waals surface area contributed by atoms with Gasteiger partial charge in [-0.3, -0.25) is 33.6 Å². The number of unbranched alkanes of at least 4 members (excludes halogenated alkanes) is 3. The molecule has 4 heterocycles. The summed E-state index contributed by atoms with van der Waals surface area (Å²) in [6, 6.07) is 13.6. The second-order valence-corrected chi connectivity index (χ2v) is 13.4. The molecule has 4 amide bonds. The van der Waals surface area contributed by atoms with Crippen molar-refractivity contribution in [2.75, 3.05) is 18.9 Å². The summed E-state index contributed by atoms with van der Waals surface area (Å²) in [6.45, 7) is 0.543.